The van der Waals surface area contributed by atoms with Gasteiger partial charge < -0.3 is 5.73 Å². The number of nitrogens with two attached hydrogens (primary N) is 1. The Bertz CT molecular complexity index is 3400. The first-order chi connectivity index (χ1) is 29.9. The van der Waals surface area contributed by atoms with Gasteiger partial charge in [0, 0.05) is 23.7 Å². The molecule has 1 aliphatic rings. The highest BCUT2D eigenvalue weighted by Crippen LogP contribution is 2.34. The normalized spacial score (nSPS) is 12.6. The second-order valence-corrected chi connectivity index (χ2v) is 15.5. The molecule has 0 amide bonds. The van der Waals surface area contributed by atoms with Gasteiger partial charge in [-0.25, -0.2) is 0 Å². The molecule has 288 valence electrons. The third kappa shape index (κ3) is 7.62. The molecule has 0 unspecified atom stereocenters. The zero-order valence-corrected chi connectivity index (χ0v) is 33.3. The number of rotatable bonds is 5. The molecule has 4 heteroatoms. The molecule has 0 fully saturated rings. The number of benzene rings is 9. The van der Waals surface area contributed by atoms with Crippen LogP contribution in [-0.4, -0.2) is 16.4 Å². The highest BCUT2D eigenvalue weighted by atomic mass is 14.6. The van der Waals surface area contributed by atoms with Crippen LogP contribution in [0.25, 0.3) is 87.6 Å². The van der Waals surface area contributed by atoms with Gasteiger partial charge in [-0.05, 0) is 160 Å². The van der Waals surface area contributed by atoms with E-state index in [2.05, 4.69) is 169 Å². The number of nitrogens with one attached hydrogen (secondary N) is 2. The lowest BCUT2D eigenvalue weighted by Crippen LogP contribution is -2.15. The SMILES string of the molecule is N=C1C=C(c2ccc3cc(-c4ccc5ccccc5c4)ccc3c2)C=C(c2ccc3cc(-c4ccc5ccccc5c4)ccc3c2)C1=N.Nc1ccc(-c2cccnc2)cc1. The fourth-order valence-electron chi connectivity index (χ4n) is 8.18. The van der Waals surface area contributed by atoms with Crippen LogP contribution >= 0.6 is 0 Å². The summed E-state index contributed by atoms with van der Waals surface area (Å²) in [5.41, 5.74) is 17.6. The topological polar surface area (TPSA) is 86.6 Å². The van der Waals surface area contributed by atoms with Gasteiger partial charge in [0.25, 0.3) is 0 Å². The summed E-state index contributed by atoms with van der Waals surface area (Å²) >= 11 is 0. The molecule has 0 saturated carbocycles. The molecular weight excluding hydrogens is 741 g/mol. The third-order valence-electron chi connectivity index (χ3n) is 11.5. The molecule has 9 aromatic carbocycles. The fourth-order valence-corrected chi connectivity index (χ4v) is 8.18. The van der Waals surface area contributed by atoms with Gasteiger partial charge in [-0.3, -0.25) is 15.8 Å². The molecule has 1 aliphatic carbocycles. The Morgan fingerprint density at radius 2 is 0.754 bits per heavy atom. The van der Waals surface area contributed by atoms with E-state index in [-0.39, 0.29) is 11.4 Å². The van der Waals surface area contributed by atoms with Gasteiger partial charge in [-0.2, -0.15) is 0 Å². The minimum atomic E-state index is 0.223. The average Bonchev–Trinajstić information content (AvgIpc) is 3.32. The maximum absolute atomic E-state index is 8.81. The summed E-state index contributed by atoms with van der Waals surface area (Å²) in [5, 5.41) is 27.0. The smallest absolute Gasteiger partial charge is 0.0867 e. The van der Waals surface area contributed by atoms with Crippen LogP contribution in [0.3, 0.4) is 0 Å². The number of hydrogen-bond acceptors (Lipinski definition) is 4. The largest absolute Gasteiger partial charge is 0.399 e. The average molecular weight is 781 g/mol. The van der Waals surface area contributed by atoms with Crippen LogP contribution < -0.4 is 5.73 Å². The summed E-state index contributed by atoms with van der Waals surface area (Å²) < 4.78 is 0. The molecule has 4 N–H and O–H groups in total. The van der Waals surface area contributed by atoms with Gasteiger partial charge in [0.1, 0.15) is 0 Å². The van der Waals surface area contributed by atoms with Gasteiger partial charge in [0.2, 0.25) is 0 Å². The van der Waals surface area contributed by atoms with Gasteiger partial charge in [-0.1, -0.05) is 140 Å². The number of nitrogen functional groups attached to an aromatic ring is 1. The van der Waals surface area contributed by atoms with Gasteiger partial charge in [0.05, 0.1) is 11.4 Å². The highest BCUT2D eigenvalue weighted by Gasteiger charge is 2.19. The van der Waals surface area contributed by atoms with Crippen molar-refractivity contribution in [3.05, 3.63) is 230 Å². The van der Waals surface area contributed by atoms with E-state index in [1.165, 1.54) is 49.2 Å². The number of pyridine rings is 1. The van der Waals surface area contributed by atoms with Crippen LogP contribution in [0.1, 0.15) is 11.1 Å². The lowest BCUT2D eigenvalue weighted by Gasteiger charge is -2.18. The Balaban J connectivity index is 0.000000293. The highest BCUT2D eigenvalue weighted by molar-refractivity contribution is 6.61. The van der Waals surface area contributed by atoms with Crippen LogP contribution in [0, 0.1) is 10.8 Å². The molecule has 1 aromatic heterocycles. The van der Waals surface area contributed by atoms with Crippen molar-refractivity contribution < 1.29 is 0 Å². The summed E-state index contributed by atoms with van der Waals surface area (Å²) in [4.78, 5) is 4.05. The fraction of sp³-hybridized carbons (Fsp3) is 0. The molecule has 0 bridgehead atoms. The van der Waals surface area contributed by atoms with Crippen LogP contribution in [0.4, 0.5) is 5.69 Å². The Kier molecular flexibility index (Phi) is 9.64. The van der Waals surface area contributed by atoms with Crippen LogP contribution in [0.5, 0.6) is 0 Å². The molecule has 0 aliphatic heterocycles. The monoisotopic (exact) mass is 780 g/mol. The maximum Gasteiger partial charge on any atom is 0.0867 e. The van der Waals surface area contributed by atoms with Crippen molar-refractivity contribution in [2.75, 3.05) is 5.73 Å². The second-order valence-electron chi connectivity index (χ2n) is 15.5. The molecule has 0 radical (unpaired) electrons. The Morgan fingerprint density at radius 3 is 1.26 bits per heavy atom. The predicted octanol–water partition coefficient (Wildman–Crippen LogP) is 14.5. The third-order valence-corrected chi connectivity index (χ3v) is 11.5. The Labute approximate surface area is 354 Å². The van der Waals surface area contributed by atoms with Gasteiger partial charge in [-0.15, -0.1) is 0 Å². The van der Waals surface area contributed by atoms with Crippen molar-refractivity contribution in [3.63, 3.8) is 0 Å². The van der Waals surface area contributed by atoms with E-state index in [9.17, 15) is 0 Å². The standard InChI is InChI=1S/C46H30N2.C11H10N2/c47-45-28-43(41-18-17-37-23-35(13-14-38(37)25-41)33-11-9-29-5-1-3-7-31(29)21-33)27-44(46(45)48)42-20-19-39-24-36(15-16-40(39)26-42)34-12-10-30-6-2-4-8-32(30)22-34;12-11-5-3-9(4-6-11)10-2-1-7-13-8-10/h1-28,47-48H;1-8H,12H2. The molecule has 11 rings (SSSR count). The number of allylic oxidation sites excluding steroid dienone is 4. The van der Waals surface area contributed by atoms with E-state index in [4.69, 9.17) is 16.6 Å². The van der Waals surface area contributed by atoms with Crippen molar-refractivity contribution in [2.24, 2.45) is 0 Å². The lowest BCUT2D eigenvalue weighted by atomic mass is 9.86. The molecule has 0 atom stereocenters. The first kappa shape index (κ1) is 37.1. The number of anilines is 1. The Hall–Kier alpha value is -8.21. The summed E-state index contributed by atoms with van der Waals surface area (Å²) in [7, 11) is 0. The summed E-state index contributed by atoms with van der Waals surface area (Å²) in [6.07, 6.45) is 7.48. The van der Waals surface area contributed by atoms with E-state index >= 15 is 0 Å². The molecule has 61 heavy (non-hydrogen) atoms. The van der Waals surface area contributed by atoms with E-state index < -0.39 is 0 Å². The minimum Gasteiger partial charge on any atom is -0.399 e. The summed E-state index contributed by atoms with van der Waals surface area (Å²) in [5.74, 6) is 0. The molecular formula is C57H40N4. The molecule has 4 nitrogen and oxygen atoms in total. The quantitative estimate of drug-likeness (QED) is 0.120. The van der Waals surface area contributed by atoms with Crippen LogP contribution in [0.2, 0.25) is 0 Å². The molecule has 10 aromatic rings. The van der Waals surface area contributed by atoms with Gasteiger partial charge >= 0.3 is 0 Å². The summed E-state index contributed by atoms with van der Waals surface area (Å²) in [6, 6.07) is 67.9. The molecule has 0 spiro atoms. The second kappa shape index (κ2) is 15.9. The van der Waals surface area contributed by atoms with Crippen molar-refractivity contribution >= 4 is 71.3 Å². The number of hydrogen-bond donors (Lipinski definition) is 3. The predicted molar refractivity (Wildman–Crippen MR) is 259 cm³/mol. The zero-order valence-electron chi connectivity index (χ0n) is 33.3. The van der Waals surface area contributed by atoms with Crippen molar-refractivity contribution in [1.29, 1.82) is 10.8 Å². The number of fused-ring (bicyclic) bond motifs is 4. The first-order valence-corrected chi connectivity index (χ1v) is 20.4. The van der Waals surface area contributed by atoms with E-state index in [0.717, 1.165) is 55.2 Å². The molecule has 0 saturated heterocycles. The lowest BCUT2D eigenvalue weighted by molar-refractivity contribution is 1.33. The summed E-state index contributed by atoms with van der Waals surface area (Å²) in [6.45, 7) is 0. The van der Waals surface area contributed by atoms with Crippen LogP contribution in [0.15, 0.2) is 219 Å². The van der Waals surface area contributed by atoms with Crippen molar-refractivity contribution in [3.8, 4) is 33.4 Å². The first-order valence-electron chi connectivity index (χ1n) is 20.4. The van der Waals surface area contributed by atoms with Crippen molar-refractivity contribution in [2.45, 2.75) is 0 Å². The van der Waals surface area contributed by atoms with Crippen LogP contribution in [-0.2, 0) is 0 Å². The van der Waals surface area contributed by atoms with Gasteiger partial charge in [0.15, 0.2) is 0 Å². The van der Waals surface area contributed by atoms with Crippen molar-refractivity contribution in [1.82, 2.24) is 4.98 Å². The molecule has 1 heterocycles. The zero-order chi connectivity index (χ0) is 41.3. The number of nitrogens with zero attached hydrogens (tertiary/aromatic N) is 1. The van der Waals surface area contributed by atoms with E-state index in [1.807, 2.05) is 48.7 Å². The van der Waals surface area contributed by atoms with E-state index in [1.54, 1.807) is 6.20 Å². The maximum atomic E-state index is 8.81. The number of aromatic nitrogens is 1. The Morgan fingerprint density at radius 1 is 0.344 bits per heavy atom. The minimum absolute atomic E-state index is 0.223. The van der Waals surface area contributed by atoms with E-state index in [0.29, 0.717) is 0 Å².